The first-order chi connectivity index (χ1) is 11.9. The van der Waals surface area contributed by atoms with Crippen molar-refractivity contribution in [3.8, 4) is 11.5 Å². The molecule has 0 bridgehead atoms. The highest BCUT2D eigenvalue weighted by atomic mass is 16.6. The van der Waals surface area contributed by atoms with Crippen molar-refractivity contribution in [2.75, 3.05) is 24.9 Å². The Morgan fingerprint density at radius 3 is 2.36 bits per heavy atom. The molecule has 0 aliphatic heterocycles. The predicted octanol–water partition coefficient (Wildman–Crippen LogP) is 3.05. The molecule has 0 aliphatic carbocycles. The number of hydrogen-bond acceptors (Lipinski definition) is 6. The van der Waals surface area contributed by atoms with Gasteiger partial charge < -0.3 is 20.1 Å². The van der Waals surface area contributed by atoms with Gasteiger partial charge in [-0.2, -0.15) is 0 Å². The molecule has 0 spiro atoms. The molecule has 0 aliphatic rings. The third-order valence-corrected chi connectivity index (χ3v) is 3.52. The van der Waals surface area contributed by atoms with E-state index in [0.717, 1.165) is 11.4 Å². The number of non-ortho nitro benzene ring substituents is 1. The number of benzene rings is 2. The molecule has 0 radical (unpaired) electrons. The molecule has 2 aromatic carbocycles. The van der Waals surface area contributed by atoms with Crippen LogP contribution in [0.5, 0.6) is 11.5 Å². The molecule has 25 heavy (non-hydrogen) atoms. The molecule has 0 fully saturated rings. The standard InChI is InChI=1S/C17H19N3O5/c1-11(18-12-4-7-14(24-2)8-5-12)17(21)19-15-9-6-13(20(22)23)10-16(15)25-3/h4-11,18H,1-3H3,(H,19,21)/t11-/m0/s1. The highest BCUT2D eigenvalue weighted by Crippen LogP contribution is 2.29. The Morgan fingerprint density at radius 1 is 1.12 bits per heavy atom. The Kier molecular flexibility index (Phi) is 5.78. The maximum absolute atomic E-state index is 12.3. The Labute approximate surface area is 144 Å². The van der Waals surface area contributed by atoms with Gasteiger partial charge in [0.1, 0.15) is 17.5 Å². The predicted molar refractivity (Wildman–Crippen MR) is 94.4 cm³/mol. The van der Waals surface area contributed by atoms with Crippen LogP contribution in [0.4, 0.5) is 17.1 Å². The summed E-state index contributed by atoms with van der Waals surface area (Å²) in [6.07, 6.45) is 0. The highest BCUT2D eigenvalue weighted by Gasteiger charge is 2.17. The highest BCUT2D eigenvalue weighted by molar-refractivity contribution is 5.97. The van der Waals surface area contributed by atoms with Crippen LogP contribution in [0.2, 0.25) is 0 Å². The molecule has 132 valence electrons. The molecule has 0 saturated heterocycles. The van der Waals surface area contributed by atoms with Crippen LogP contribution < -0.4 is 20.1 Å². The Morgan fingerprint density at radius 2 is 1.80 bits per heavy atom. The smallest absolute Gasteiger partial charge is 0.273 e. The van der Waals surface area contributed by atoms with Crippen LogP contribution in [0, 0.1) is 10.1 Å². The van der Waals surface area contributed by atoms with Gasteiger partial charge >= 0.3 is 0 Å². The first-order valence-corrected chi connectivity index (χ1v) is 7.48. The molecule has 0 saturated carbocycles. The normalized spacial score (nSPS) is 11.3. The van der Waals surface area contributed by atoms with Crippen molar-refractivity contribution in [3.63, 3.8) is 0 Å². The zero-order chi connectivity index (χ0) is 18.4. The van der Waals surface area contributed by atoms with Crippen LogP contribution in [0.25, 0.3) is 0 Å². The molecule has 8 heteroatoms. The van der Waals surface area contributed by atoms with Gasteiger partial charge in [0, 0.05) is 11.8 Å². The van der Waals surface area contributed by atoms with E-state index in [4.69, 9.17) is 9.47 Å². The fraction of sp³-hybridized carbons (Fsp3) is 0.235. The summed E-state index contributed by atoms with van der Waals surface area (Å²) in [4.78, 5) is 22.6. The van der Waals surface area contributed by atoms with E-state index in [1.54, 1.807) is 38.3 Å². The van der Waals surface area contributed by atoms with Crippen LogP contribution in [-0.2, 0) is 4.79 Å². The monoisotopic (exact) mass is 345 g/mol. The van der Waals surface area contributed by atoms with Crippen LogP contribution in [0.1, 0.15) is 6.92 Å². The summed E-state index contributed by atoms with van der Waals surface area (Å²) < 4.78 is 10.2. The van der Waals surface area contributed by atoms with E-state index in [1.165, 1.54) is 25.3 Å². The van der Waals surface area contributed by atoms with Gasteiger partial charge in [0.2, 0.25) is 5.91 Å². The zero-order valence-electron chi connectivity index (χ0n) is 14.1. The third kappa shape index (κ3) is 4.60. The summed E-state index contributed by atoms with van der Waals surface area (Å²) >= 11 is 0. The van der Waals surface area contributed by atoms with Crippen LogP contribution >= 0.6 is 0 Å². The van der Waals surface area contributed by atoms with Crippen molar-refractivity contribution in [3.05, 3.63) is 52.6 Å². The summed E-state index contributed by atoms with van der Waals surface area (Å²) in [5.41, 5.74) is 1.01. The summed E-state index contributed by atoms with van der Waals surface area (Å²) in [5, 5.41) is 16.6. The second-order valence-electron chi connectivity index (χ2n) is 5.23. The van der Waals surface area contributed by atoms with E-state index in [-0.39, 0.29) is 17.3 Å². The number of rotatable bonds is 7. The largest absolute Gasteiger partial charge is 0.497 e. The summed E-state index contributed by atoms with van der Waals surface area (Å²) in [6.45, 7) is 1.71. The molecule has 1 amide bonds. The molecule has 2 aromatic rings. The SMILES string of the molecule is COc1ccc(N[C@@H](C)C(=O)Nc2ccc([N+](=O)[O-])cc2OC)cc1. The number of amides is 1. The van der Waals surface area contributed by atoms with Gasteiger partial charge in [-0.05, 0) is 37.3 Å². The van der Waals surface area contributed by atoms with Gasteiger partial charge in [-0.15, -0.1) is 0 Å². The number of nitrogens with one attached hydrogen (secondary N) is 2. The van der Waals surface area contributed by atoms with Gasteiger partial charge in [-0.1, -0.05) is 0 Å². The lowest BCUT2D eigenvalue weighted by Gasteiger charge is -2.16. The minimum atomic E-state index is -0.534. The first kappa shape index (κ1) is 18.1. The number of nitrogens with zero attached hydrogens (tertiary/aromatic N) is 1. The van der Waals surface area contributed by atoms with Gasteiger partial charge in [0.15, 0.2) is 0 Å². The topological polar surface area (TPSA) is 103 Å². The molecule has 2 rings (SSSR count). The fourth-order valence-corrected chi connectivity index (χ4v) is 2.14. The second kappa shape index (κ2) is 8.00. The first-order valence-electron chi connectivity index (χ1n) is 7.48. The average molecular weight is 345 g/mol. The van der Waals surface area contributed by atoms with E-state index in [0.29, 0.717) is 5.69 Å². The lowest BCUT2D eigenvalue weighted by molar-refractivity contribution is -0.384. The third-order valence-electron chi connectivity index (χ3n) is 3.52. The van der Waals surface area contributed by atoms with Crippen molar-refractivity contribution in [1.82, 2.24) is 0 Å². The van der Waals surface area contributed by atoms with Gasteiger partial charge in [-0.3, -0.25) is 14.9 Å². The summed E-state index contributed by atoms with van der Waals surface area (Å²) in [7, 11) is 2.96. The van der Waals surface area contributed by atoms with Gasteiger partial charge in [0.25, 0.3) is 5.69 Å². The minimum absolute atomic E-state index is 0.112. The molecule has 2 N–H and O–H groups in total. The van der Waals surface area contributed by atoms with Gasteiger partial charge in [0.05, 0.1) is 30.9 Å². The second-order valence-corrected chi connectivity index (χ2v) is 5.23. The average Bonchev–Trinajstić information content (AvgIpc) is 2.62. The number of nitro benzene ring substituents is 1. The number of carbonyl (C=O) groups is 1. The molecule has 0 heterocycles. The van der Waals surface area contributed by atoms with E-state index in [1.807, 2.05) is 0 Å². The number of methoxy groups -OCH3 is 2. The summed E-state index contributed by atoms with van der Waals surface area (Å²) in [6, 6.07) is 10.6. The Bertz CT molecular complexity index is 761. The van der Waals surface area contributed by atoms with Crippen molar-refractivity contribution in [2.24, 2.45) is 0 Å². The molecule has 1 atom stereocenters. The number of carbonyl (C=O) groups excluding carboxylic acids is 1. The molecule has 0 aromatic heterocycles. The Hall–Kier alpha value is -3.29. The van der Waals surface area contributed by atoms with Crippen LogP contribution in [-0.4, -0.2) is 31.1 Å². The lowest BCUT2D eigenvalue weighted by Crippen LogP contribution is -2.32. The maximum atomic E-state index is 12.3. The molecule has 0 unspecified atom stereocenters. The lowest BCUT2D eigenvalue weighted by atomic mass is 10.2. The number of hydrogen-bond donors (Lipinski definition) is 2. The number of anilines is 2. The van der Waals surface area contributed by atoms with E-state index in [2.05, 4.69) is 10.6 Å². The number of ether oxygens (including phenoxy) is 2. The Balaban J connectivity index is 2.06. The van der Waals surface area contributed by atoms with Gasteiger partial charge in [-0.25, -0.2) is 0 Å². The van der Waals surface area contributed by atoms with Crippen molar-refractivity contribution < 1.29 is 19.2 Å². The van der Waals surface area contributed by atoms with Crippen LogP contribution in [0.3, 0.4) is 0 Å². The summed E-state index contributed by atoms with van der Waals surface area (Å²) in [5.74, 6) is 0.639. The quantitative estimate of drug-likeness (QED) is 0.590. The van der Waals surface area contributed by atoms with Crippen molar-refractivity contribution in [2.45, 2.75) is 13.0 Å². The zero-order valence-corrected chi connectivity index (χ0v) is 14.1. The van der Waals surface area contributed by atoms with E-state index in [9.17, 15) is 14.9 Å². The van der Waals surface area contributed by atoms with Crippen molar-refractivity contribution >= 4 is 23.0 Å². The van der Waals surface area contributed by atoms with Crippen molar-refractivity contribution in [1.29, 1.82) is 0 Å². The van der Waals surface area contributed by atoms with E-state index >= 15 is 0 Å². The fourth-order valence-electron chi connectivity index (χ4n) is 2.14. The maximum Gasteiger partial charge on any atom is 0.273 e. The molecule has 8 nitrogen and oxygen atoms in total. The number of nitro groups is 1. The minimum Gasteiger partial charge on any atom is -0.497 e. The van der Waals surface area contributed by atoms with Crippen LogP contribution in [0.15, 0.2) is 42.5 Å². The molecular formula is C17H19N3O5. The molecular weight excluding hydrogens is 326 g/mol. The van der Waals surface area contributed by atoms with E-state index < -0.39 is 11.0 Å².